The number of rotatable bonds is 5. The predicted molar refractivity (Wildman–Crippen MR) is 73.5 cm³/mol. The highest BCUT2D eigenvalue weighted by molar-refractivity contribution is 5.68. The van der Waals surface area contributed by atoms with Gasteiger partial charge in [-0.15, -0.1) is 0 Å². The molecule has 4 heteroatoms. The molecule has 0 aliphatic heterocycles. The Labute approximate surface area is 111 Å². The number of carbonyl (C=O) groups excluding carboxylic acids is 1. The highest BCUT2D eigenvalue weighted by Gasteiger charge is 2.38. The highest BCUT2D eigenvalue weighted by atomic mass is 16.6. The molecule has 0 aromatic carbocycles. The topological polar surface area (TPSA) is 55.6 Å². The summed E-state index contributed by atoms with van der Waals surface area (Å²) in [5.41, 5.74) is 5.86. The average molecular weight is 256 g/mol. The Morgan fingerprint density at radius 1 is 1.22 bits per heavy atom. The predicted octanol–water partition coefficient (Wildman–Crippen LogP) is 2.91. The van der Waals surface area contributed by atoms with E-state index in [1.165, 1.54) is 12.8 Å². The first-order valence-corrected chi connectivity index (χ1v) is 7.34. The summed E-state index contributed by atoms with van der Waals surface area (Å²) >= 11 is 0. The van der Waals surface area contributed by atoms with E-state index in [1.54, 1.807) is 0 Å². The van der Waals surface area contributed by atoms with E-state index >= 15 is 0 Å². The minimum Gasteiger partial charge on any atom is -0.450 e. The molecule has 0 heterocycles. The van der Waals surface area contributed by atoms with E-state index < -0.39 is 0 Å². The molecule has 18 heavy (non-hydrogen) atoms. The van der Waals surface area contributed by atoms with Crippen LogP contribution in [0.4, 0.5) is 4.79 Å². The maximum Gasteiger partial charge on any atom is 0.410 e. The van der Waals surface area contributed by atoms with Crippen LogP contribution in [0.2, 0.25) is 0 Å². The van der Waals surface area contributed by atoms with Crippen molar-refractivity contribution >= 4 is 6.09 Å². The number of nitrogens with zero attached hydrogens (tertiary/aromatic N) is 1. The molecule has 0 radical (unpaired) electrons. The fourth-order valence-corrected chi connectivity index (χ4v) is 2.92. The Bertz CT molecular complexity index is 248. The fourth-order valence-electron chi connectivity index (χ4n) is 2.92. The third-order valence-electron chi connectivity index (χ3n) is 3.92. The molecular formula is C14H28N2O2. The van der Waals surface area contributed by atoms with Crippen LogP contribution in [-0.4, -0.2) is 36.2 Å². The zero-order chi connectivity index (χ0) is 13.4. The van der Waals surface area contributed by atoms with Crippen LogP contribution in [0.15, 0.2) is 0 Å². The molecule has 0 spiro atoms. The molecule has 1 fully saturated rings. The molecular weight excluding hydrogens is 228 g/mol. The maximum absolute atomic E-state index is 12.2. The summed E-state index contributed by atoms with van der Waals surface area (Å²) in [5.74, 6) is 0. The monoisotopic (exact) mass is 256 g/mol. The number of nitrogens with two attached hydrogens (primary N) is 1. The zero-order valence-electron chi connectivity index (χ0n) is 11.9. The van der Waals surface area contributed by atoms with Crippen LogP contribution in [0.5, 0.6) is 0 Å². The van der Waals surface area contributed by atoms with Crippen LogP contribution >= 0.6 is 0 Å². The van der Waals surface area contributed by atoms with Gasteiger partial charge >= 0.3 is 6.09 Å². The summed E-state index contributed by atoms with van der Waals surface area (Å²) in [4.78, 5) is 14.1. The van der Waals surface area contributed by atoms with Gasteiger partial charge in [0.2, 0.25) is 0 Å². The van der Waals surface area contributed by atoms with Crippen molar-refractivity contribution < 1.29 is 9.53 Å². The van der Waals surface area contributed by atoms with E-state index in [0.717, 1.165) is 38.6 Å². The molecule has 4 nitrogen and oxygen atoms in total. The Morgan fingerprint density at radius 3 is 2.28 bits per heavy atom. The molecule has 0 unspecified atom stereocenters. The van der Waals surface area contributed by atoms with Crippen molar-refractivity contribution in [3.8, 4) is 0 Å². The molecule has 1 rings (SSSR count). The van der Waals surface area contributed by atoms with Crippen LogP contribution in [0.3, 0.4) is 0 Å². The second-order valence-electron chi connectivity index (χ2n) is 5.19. The largest absolute Gasteiger partial charge is 0.450 e. The maximum atomic E-state index is 12.2. The summed E-state index contributed by atoms with van der Waals surface area (Å²) < 4.78 is 5.21. The number of hydrogen-bond donors (Lipinski definition) is 1. The SMILES string of the molecule is CCCN(C(=O)OCC)C1(CN)CCCCCC1. The lowest BCUT2D eigenvalue weighted by Crippen LogP contribution is -2.56. The van der Waals surface area contributed by atoms with Gasteiger partial charge in [0.05, 0.1) is 12.1 Å². The Hall–Kier alpha value is -0.770. The van der Waals surface area contributed by atoms with E-state index in [1.807, 2.05) is 11.8 Å². The summed E-state index contributed by atoms with van der Waals surface area (Å²) in [6.45, 7) is 5.67. The smallest absolute Gasteiger partial charge is 0.410 e. The van der Waals surface area contributed by atoms with E-state index in [4.69, 9.17) is 10.5 Å². The first kappa shape index (κ1) is 15.3. The van der Waals surface area contributed by atoms with Gasteiger partial charge in [-0.05, 0) is 26.2 Å². The first-order valence-electron chi connectivity index (χ1n) is 7.34. The molecule has 2 N–H and O–H groups in total. The van der Waals surface area contributed by atoms with Crippen LogP contribution in [0, 0.1) is 0 Å². The van der Waals surface area contributed by atoms with E-state index in [9.17, 15) is 4.79 Å². The molecule has 0 aromatic rings. The number of amides is 1. The van der Waals surface area contributed by atoms with E-state index in [-0.39, 0.29) is 11.6 Å². The molecule has 1 aliphatic rings. The van der Waals surface area contributed by atoms with Crippen molar-refractivity contribution in [1.82, 2.24) is 4.90 Å². The van der Waals surface area contributed by atoms with Gasteiger partial charge in [-0.25, -0.2) is 4.79 Å². The lowest BCUT2D eigenvalue weighted by Gasteiger charge is -2.42. The van der Waals surface area contributed by atoms with Crippen LogP contribution in [-0.2, 0) is 4.74 Å². The normalized spacial score (nSPS) is 19.1. The average Bonchev–Trinajstić information content (AvgIpc) is 2.62. The molecule has 106 valence electrons. The van der Waals surface area contributed by atoms with Gasteiger partial charge in [-0.2, -0.15) is 0 Å². The van der Waals surface area contributed by atoms with Crippen molar-refractivity contribution in [2.24, 2.45) is 5.73 Å². The van der Waals surface area contributed by atoms with Gasteiger partial charge in [-0.1, -0.05) is 32.6 Å². The minimum absolute atomic E-state index is 0.168. The Balaban J connectivity index is 2.86. The summed E-state index contributed by atoms with van der Waals surface area (Å²) in [6.07, 6.45) is 7.63. The fraction of sp³-hybridized carbons (Fsp3) is 0.929. The van der Waals surface area contributed by atoms with Gasteiger partial charge in [-0.3, -0.25) is 0 Å². The van der Waals surface area contributed by atoms with Gasteiger partial charge < -0.3 is 15.4 Å². The molecule has 0 aromatic heterocycles. The van der Waals surface area contributed by atoms with E-state index in [0.29, 0.717) is 13.2 Å². The van der Waals surface area contributed by atoms with Crippen LogP contribution in [0.25, 0.3) is 0 Å². The van der Waals surface area contributed by atoms with Gasteiger partial charge in [0.15, 0.2) is 0 Å². The molecule has 1 saturated carbocycles. The lowest BCUT2D eigenvalue weighted by molar-refractivity contribution is 0.0464. The van der Waals surface area contributed by atoms with Crippen molar-refractivity contribution in [3.63, 3.8) is 0 Å². The quantitative estimate of drug-likeness (QED) is 0.769. The number of hydrogen-bond acceptors (Lipinski definition) is 3. The number of carbonyl (C=O) groups is 1. The van der Waals surface area contributed by atoms with Crippen LogP contribution < -0.4 is 5.73 Å². The summed E-state index contributed by atoms with van der Waals surface area (Å²) in [6, 6.07) is 0. The standard InChI is InChI=1S/C14H28N2O2/c1-3-11-16(13(17)18-4-2)14(12-15)9-7-5-6-8-10-14/h3-12,15H2,1-2H3. The molecule has 1 aliphatic carbocycles. The third kappa shape index (κ3) is 3.61. The molecule has 0 saturated heterocycles. The third-order valence-corrected chi connectivity index (χ3v) is 3.92. The molecule has 0 atom stereocenters. The number of ether oxygens (including phenoxy) is 1. The summed E-state index contributed by atoms with van der Waals surface area (Å²) in [7, 11) is 0. The van der Waals surface area contributed by atoms with Crippen molar-refractivity contribution in [2.45, 2.75) is 64.3 Å². The second kappa shape index (κ2) is 7.62. The van der Waals surface area contributed by atoms with E-state index in [2.05, 4.69) is 6.92 Å². The van der Waals surface area contributed by atoms with Gasteiger partial charge in [0.1, 0.15) is 0 Å². The Kier molecular flexibility index (Phi) is 6.47. The first-order chi connectivity index (χ1) is 8.70. The minimum atomic E-state index is -0.188. The lowest BCUT2D eigenvalue weighted by atomic mass is 9.88. The highest BCUT2D eigenvalue weighted by Crippen LogP contribution is 2.32. The molecule has 0 bridgehead atoms. The summed E-state index contributed by atoms with van der Waals surface area (Å²) in [5, 5.41) is 0. The van der Waals surface area contributed by atoms with Crippen molar-refractivity contribution in [1.29, 1.82) is 0 Å². The zero-order valence-corrected chi connectivity index (χ0v) is 11.9. The van der Waals surface area contributed by atoms with Crippen molar-refractivity contribution in [3.05, 3.63) is 0 Å². The second-order valence-corrected chi connectivity index (χ2v) is 5.19. The Morgan fingerprint density at radius 2 is 1.83 bits per heavy atom. The molecule has 1 amide bonds. The van der Waals surface area contributed by atoms with Gasteiger partial charge in [0, 0.05) is 13.1 Å². The van der Waals surface area contributed by atoms with Crippen molar-refractivity contribution in [2.75, 3.05) is 19.7 Å². The van der Waals surface area contributed by atoms with Crippen LogP contribution in [0.1, 0.15) is 58.8 Å². The van der Waals surface area contributed by atoms with Gasteiger partial charge in [0.25, 0.3) is 0 Å².